The number of hydrogen-bond donors (Lipinski definition) is 2. The van der Waals surface area contributed by atoms with Gasteiger partial charge < -0.3 is 9.88 Å². The van der Waals surface area contributed by atoms with Gasteiger partial charge in [0.05, 0.1) is 27.2 Å². The van der Waals surface area contributed by atoms with Crippen molar-refractivity contribution in [1.82, 2.24) is 4.57 Å². The molecule has 0 bridgehead atoms. The Morgan fingerprint density at radius 1 is 0.723 bits per heavy atom. The molecule has 6 rings (SSSR count). The van der Waals surface area contributed by atoms with Gasteiger partial charge in [0.25, 0.3) is 15.7 Å². The molecule has 47 heavy (non-hydrogen) atoms. The van der Waals surface area contributed by atoms with Crippen molar-refractivity contribution in [2.45, 2.75) is 4.90 Å². The molecule has 17 heteroatoms. The van der Waals surface area contributed by atoms with Gasteiger partial charge in [-0.3, -0.25) is 18.9 Å². The zero-order valence-electron chi connectivity index (χ0n) is 23.8. The van der Waals surface area contributed by atoms with Crippen LogP contribution < -0.4 is 10.9 Å². The van der Waals surface area contributed by atoms with E-state index in [4.69, 9.17) is 25.3 Å². The Bertz CT molecular complexity index is 2440. The Balaban J connectivity index is 0.000000564. The van der Waals surface area contributed by atoms with Crippen LogP contribution in [0, 0.1) is 0 Å². The highest BCUT2D eigenvalue weighted by molar-refractivity contribution is 7.85. The molecule has 0 amide bonds. The Morgan fingerprint density at radius 3 is 1.81 bits per heavy atom. The van der Waals surface area contributed by atoms with E-state index < -0.39 is 42.7 Å². The normalized spacial score (nSPS) is 11.2. The van der Waals surface area contributed by atoms with Crippen LogP contribution in [0.5, 0.6) is 0 Å². The van der Waals surface area contributed by atoms with Gasteiger partial charge in [-0.15, -0.1) is 25.3 Å². The lowest BCUT2D eigenvalue weighted by Crippen LogP contribution is -2.29. The molecule has 2 N–H and O–H groups in total. The number of rotatable bonds is 5. The molecule has 0 spiro atoms. The van der Waals surface area contributed by atoms with Crippen molar-refractivity contribution < 1.29 is 47.8 Å². The molecule has 14 nitrogen and oxygen atoms in total. The van der Waals surface area contributed by atoms with Gasteiger partial charge in [-0.2, -0.15) is 8.42 Å². The lowest BCUT2D eigenvalue weighted by atomic mass is 9.80. The van der Waals surface area contributed by atoms with Crippen LogP contribution in [0.15, 0.2) is 101 Å². The highest BCUT2D eigenvalue weighted by Gasteiger charge is 2.34. The third-order valence-electron chi connectivity index (χ3n) is 6.93. The number of nitrogens with one attached hydrogen (secondary N) is 1. The smallest absolute Gasteiger partial charge is 0.355 e. The molecule has 1 aliphatic carbocycles. The predicted molar refractivity (Wildman–Crippen MR) is 167 cm³/mol. The first-order chi connectivity index (χ1) is 22.1. The largest absolute Gasteiger partial charge is 0.425 e. The van der Waals surface area contributed by atoms with Crippen LogP contribution in [0.3, 0.4) is 0 Å². The number of pyridine rings is 1. The molecule has 0 atom stereocenters. The van der Waals surface area contributed by atoms with Gasteiger partial charge >= 0.3 is 21.2 Å². The van der Waals surface area contributed by atoms with Crippen LogP contribution in [0.1, 0.15) is 31.8 Å². The zero-order valence-corrected chi connectivity index (χ0v) is 26.2. The van der Waals surface area contributed by atoms with E-state index in [2.05, 4.69) is 5.32 Å². The van der Waals surface area contributed by atoms with Gasteiger partial charge in [0.2, 0.25) is 0 Å². The van der Waals surface area contributed by atoms with Crippen LogP contribution >= 0.6 is 0 Å². The highest BCUT2D eigenvalue weighted by atomic mass is 32.2. The van der Waals surface area contributed by atoms with E-state index >= 15 is 0 Å². The van der Waals surface area contributed by atoms with Crippen LogP contribution in [-0.4, -0.2) is 54.4 Å². The summed E-state index contributed by atoms with van der Waals surface area (Å²) < 4.78 is 84.2. The summed E-state index contributed by atoms with van der Waals surface area (Å²) in [6.07, 6.45) is 0. The van der Waals surface area contributed by atoms with E-state index in [0.717, 1.165) is 0 Å². The Labute approximate surface area is 268 Å². The third kappa shape index (κ3) is 7.28. The first kappa shape index (κ1) is 34.3. The molecule has 0 saturated carbocycles. The minimum absolute atomic E-state index is 0.0212. The molecular formula is C30H20N2O12S3. The van der Waals surface area contributed by atoms with Crippen molar-refractivity contribution in [2.24, 2.45) is 7.05 Å². The Hall–Kier alpha value is -5.62. The third-order valence-corrected chi connectivity index (χ3v) is 7.79. The van der Waals surface area contributed by atoms with Crippen LogP contribution in [0.4, 0.5) is 11.4 Å². The maximum atomic E-state index is 13.9. The monoisotopic (exact) mass is 696 g/mol. The summed E-state index contributed by atoms with van der Waals surface area (Å²) >= 11 is 0. The molecule has 0 aliphatic heterocycles. The topological polar surface area (TPSA) is 225 Å². The molecule has 0 saturated heterocycles. The average molecular weight is 697 g/mol. The second-order valence-electron chi connectivity index (χ2n) is 9.60. The molecule has 0 unspecified atom stereocenters. The van der Waals surface area contributed by atoms with Gasteiger partial charge in [-0.25, -0.2) is 0 Å². The molecule has 0 fully saturated rings. The van der Waals surface area contributed by atoms with E-state index in [0.29, 0.717) is 44.5 Å². The maximum Gasteiger partial charge on any atom is 0.425 e. The van der Waals surface area contributed by atoms with Gasteiger partial charge in [0.1, 0.15) is 0 Å². The van der Waals surface area contributed by atoms with Crippen molar-refractivity contribution in [3.63, 3.8) is 0 Å². The van der Waals surface area contributed by atoms with Crippen molar-refractivity contribution >= 4 is 65.2 Å². The second kappa shape index (κ2) is 13.8. The fourth-order valence-corrected chi connectivity index (χ4v) is 5.57. The summed E-state index contributed by atoms with van der Waals surface area (Å²) in [6, 6.07) is 24.2. The lowest BCUT2D eigenvalue weighted by Gasteiger charge is -2.25. The Morgan fingerprint density at radius 2 is 1.26 bits per heavy atom. The zero-order chi connectivity index (χ0) is 34.6. The lowest BCUT2D eigenvalue weighted by molar-refractivity contribution is 0.102. The quantitative estimate of drug-likeness (QED) is 0.196. The highest BCUT2D eigenvalue weighted by Crippen LogP contribution is 2.44. The van der Waals surface area contributed by atoms with E-state index in [1.807, 2.05) is 0 Å². The fourth-order valence-electron chi connectivity index (χ4n) is 5.09. The summed E-state index contributed by atoms with van der Waals surface area (Å²) in [5, 5.41) is 3.63. The first-order valence-corrected chi connectivity index (χ1v) is 16.4. The van der Waals surface area contributed by atoms with Gasteiger partial charge in [-0.05, 0) is 42.0 Å². The molecule has 0 radical (unpaired) electrons. The molecule has 240 valence electrons. The van der Waals surface area contributed by atoms with Crippen molar-refractivity contribution in [1.29, 1.82) is 0 Å². The molecule has 1 heterocycles. The van der Waals surface area contributed by atoms with Crippen LogP contribution in [-0.2, 0) is 38.4 Å². The van der Waals surface area contributed by atoms with Gasteiger partial charge in [0, 0.05) is 34.8 Å². The van der Waals surface area contributed by atoms with E-state index in [9.17, 15) is 27.4 Å². The summed E-state index contributed by atoms with van der Waals surface area (Å²) in [4.78, 5) is 41.1. The maximum absolute atomic E-state index is 13.9. The number of ketones is 2. The summed E-state index contributed by atoms with van der Waals surface area (Å²) in [5.41, 5.74) is 2.80. The predicted octanol–water partition coefficient (Wildman–Crippen LogP) is 2.96. The second-order valence-corrected chi connectivity index (χ2v) is 11.8. The fraction of sp³-hybridized carbons (Fsp3) is 0.0333. The van der Waals surface area contributed by atoms with E-state index in [1.165, 1.54) is 28.8 Å². The van der Waals surface area contributed by atoms with Crippen molar-refractivity contribution in [3.05, 3.63) is 124 Å². The summed E-state index contributed by atoms with van der Waals surface area (Å²) in [5.74, 6) is -0.722. The SMILES string of the molecule is Cn1c(=O)c(C(=O)c2ccccc2)c2c3c(c(Nc4ccc(S(=O)(=O)O)cc4)ccc31)C(=O)c1ccccc1-2.O=S(=O)=O.O=S(=O)=O. The minimum atomic E-state index is -4.36. The Kier molecular flexibility index (Phi) is 10.1. The van der Waals surface area contributed by atoms with Crippen molar-refractivity contribution in [2.75, 3.05) is 5.32 Å². The van der Waals surface area contributed by atoms with Gasteiger partial charge in [-0.1, -0.05) is 54.6 Å². The minimum Gasteiger partial charge on any atom is -0.355 e. The first-order valence-electron chi connectivity index (χ1n) is 12.9. The number of aromatic nitrogens is 1. The van der Waals surface area contributed by atoms with E-state index in [1.54, 1.807) is 73.8 Å². The molecule has 5 aromatic rings. The van der Waals surface area contributed by atoms with Crippen LogP contribution in [0.2, 0.25) is 0 Å². The number of nitrogens with zero attached hydrogens (tertiary/aromatic N) is 1. The number of fused-ring (bicyclic) bond motifs is 2. The number of hydrogen-bond acceptors (Lipinski definition) is 12. The summed E-state index contributed by atoms with van der Waals surface area (Å²) in [6.45, 7) is 0. The van der Waals surface area contributed by atoms with Gasteiger partial charge in [0.15, 0.2) is 11.6 Å². The molecule has 1 aliphatic rings. The standard InChI is InChI=1S/C30H20N2O6S.2O3S/c1-32-23-16-15-22(31-18-11-13-19(14-12-18)39(36,37)38)25-26(23)24(20-9-5-6-10-21(20)29(25)34)27(30(32)35)28(33)17-7-3-2-4-8-17;2*1-4(2)3/h2-16,31H,1H3,(H,36,37,38);;. The molecule has 4 aromatic carbocycles. The molecule has 1 aromatic heterocycles. The number of anilines is 2. The summed E-state index contributed by atoms with van der Waals surface area (Å²) in [7, 11) is -9.02. The van der Waals surface area contributed by atoms with Crippen molar-refractivity contribution in [3.8, 4) is 11.1 Å². The molecular weight excluding hydrogens is 677 g/mol. The van der Waals surface area contributed by atoms with E-state index in [-0.39, 0.29) is 21.8 Å². The average Bonchev–Trinajstić information content (AvgIpc) is 3.01. The number of carbonyl (C=O) groups excluding carboxylic acids is 2. The number of carbonyl (C=O) groups is 2. The number of benzene rings is 4. The van der Waals surface area contributed by atoms with Crippen LogP contribution in [0.25, 0.3) is 22.0 Å². The number of aryl methyl sites for hydroxylation is 1.